The molecule has 114 valence electrons. The molecule has 4 heteroatoms. The minimum atomic E-state index is 0.482. The SMILES string of the molecule is CCN(Cc1ccco1)c1ncc(CNC(C)C)cc1C. The van der Waals surface area contributed by atoms with Gasteiger partial charge in [-0.25, -0.2) is 4.98 Å². The molecular formula is C17H25N3O. The molecule has 1 N–H and O–H groups in total. The fourth-order valence-corrected chi connectivity index (χ4v) is 2.30. The quantitative estimate of drug-likeness (QED) is 0.846. The molecule has 0 bridgehead atoms. The number of aromatic nitrogens is 1. The number of pyridine rings is 1. The highest BCUT2D eigenvalue weighted by Gasteiger charge is 2.11. The van der Waals surface area contributed by atoms with Gasteiger partial charge in [-0.15, -0.1) is 0 Å². The van der Waals surface area contributed by atoms with Gasteiger partial charge in [0, 0.05) is 25.3 Å². The molecule has 0 aliphatic rings. The molecule has 0 atom stereocenters. The molecule has 0 unspecified atom stereocenters. The molecule has 21 heavy (non-hydrogen) atoms. The van der Waals surface area contributed by atoms with Gasteiger partial charge in [0.2, 0.25) is 0 Å². The lowest BCUT2D eigenvalue weighted by molar-refractivity contribution is 0.502. The molecule has 0 amide bonds. The standard InChI is InChI=1S/C17H25N3O/c1-5-20(12-16-7-6-8-21-16)17-14(4)9-15(11-19-17)10-18-13(2)3/h6-9,11,13,18H,5,10,12H2,1-4H3. The van der Waals surface area contributed by atoms with E-state index in [-0.39, 0.29) is 0 Å². The number of aryl methyl sites for hydroxylation is 1. The summed E-state index contributed by atoms with van der Waals surface area (Å²) in [5.41, 5.74) is 2.42. The first-order chi connectivity index (χ1) is 10.1. The highest BCUT2D eigenvalue weighted by molar-refractivity contribution is 5.47. The van der Waals surface area contributed by atoms with Crippen molar-refractivity contribution in [3.05, 3.63) is 47.5 Å². The van der Waals surface area contributed by atoms with Crippen LogP contribution in [0.3, 0.4) is 0 Å². The van der Waals surface area contributed by atoms with Crippen LogP contribution >= 0.6 is 0 Å². The lowest BCUT2D eigenvalue weighted by Crippen LogP contribution is -2.25. The predicted octanol–water partition coefficient (Wildman–Crippen LogP) is 3.51. The second kappa shape index (κ2) is 7.27. The molecule has 0 aromatic carbocycles. The first-order valence-corrected chi connectivity index (χ1v) is 7.56. The number of hydrogen-bond donors (Lipinski definition) is 1. The summed E-state index contributed by atoms with van der Waals surface area (Å²) in [6.45, 7) is 11.1. The number of rotatable bonds is 7. The summed E-state index contributed by atoms with van der Waals surface area (Å²) in [4.78, 5) is 6.88. The molecule has 0 saturated carbocycles. The van der Waals surface area contributed by atoms with Crippen LogP contribution in [0.5, 0.6) is 0 Å². The van der Waals surface area contributed by atoms with E-state index >= 15 is 0 Å². The Morgan fingerprint density at radius 3 is 2.76 bits per heavy atom. The zero-order valence-electron chi connectivity index (χ0n) is 13.4. The molecule has 2 aromatic rings. The van der Waals surface area contributed by atoms with Crippen molar-refractivity contribution >= 4 is 5.82 Å². The molecule has 0 aliphatic heterocycles. The summed E-state index contributed by atoms with van der Waals surface area (Å²) in [5.74, 6) is 1.99. The first-order valence-electron chi connectivity index (χ1n) is 7.56. The number of furan rings is 1. The van der Waals surface area contributed by atoms with Gasteiger partial charge in [-0.2, -0.15) is 0 Å². The number of nitrogens with zero attached hydrogens (tertiary/aromatic N) is 2. The maximum absolute atomic E-state index is 5.44. The summed E-state index contributed by atoms with van der Waals surface area (Å²) in [5, 5.41) is 3.42. The summed E-state index contributed by atoms with van der Waals surface area (Å²) < 4.78 is 5.44. The minimum absolute atomic E-state index is 0.482. The van der Waals surface area contributed by atoms with Crippen molar-refractivity contribution in [2.75, 3.05) is 11.4 Å². The van der Waals surface area contributed by atoms with Crippen LogP contribution in [0.15, 0.2) is 35.1 Å². The van der Waals surface area contributed by atoms with Gasteiger partial charge < -0.3 is 14.6 Å². The first kappa shape index (κ1) is 15.6. The van der Waals surface area contributed by atoms with Crippen molar-refractivity contribution in [2.24, 2.45) is 0 Å². The normalized spacial score (nSPS) is 11.1. The van der Waals surface area contributed by atoms with Gasteiger partial charge in [0.25, 0.3) is 0 Å². The molecule has 0 aliphatic carbocycles. The Morgan fingerprint density at radius 1 is 1.38 bits per heavy atom. The van der Waals surface area contributed by atoms with E-state index in [2.05, 4.69) is 49.0 Å². The Balaban J connectivity index is 2.10. The Hall–Kier alpha value is -1.81. The molecule has 2 heterocycles. The summed E-state index contributed by atoms with van der Waals surface area (Å²) in [7, 11) is 0. The molecule has 0 spiro atoms. The van der Waals surface area contributed by atoms with Crippen molar-refractivity contribution in [1.82, 2.24) is 10.3 Å². The van der Waals surface area contributed by atoms with Gasteiger partial charge in [0.05, 0.1) is 12.8 Å². The monoisotopic (exact) mass is 287 g/mol. The molecular weight excluding hydrogens is 262 g/mol. The average molecular weight is 287 g/mol. The Kier molecular flexibility index (Phi) is 5.39. The lowest BCUT2D eigenvalue weighted by Gasteiger charge is -2.23. The zero-order chi connectivity index (χ0) is 15.2. The highest BCUT2D eigenvalue weighted by atomic mass is 16.3. The van der Waals surface area contributed by atoms with Crippen molar-refractivity contribution in [2.45, 2.75) is 46.8 Å². The Morgan fingerprint density at radius 2 is 2.19 bits per heavy atom. The van der Waals surface area contributed by atoms with E-state index in [1.54, 1.807) is 6.26 Å². The third-order valence-electron chi connectivity index (χ3n) is 3.43. The molecule has 0 radical (unpaired) electrons. The summed E-state index contributed by atoms with van der Waals surface area (Å²) >= 11 is 0. The summed E-state index contributed by atoms with van der Waals surface area (Å²) in [6, 6.07) is 6.61. The van der Waals surface area contributed by atoms with E-state index in [1.165, 1.54) is 11.1 Å². The molecule has 2 rings (SSSR count). The molecule has 0 saturated heterocycles. The fourth-order valence-electron chi connectivity index (χ4n) is 2.30. The van der Waals surface area contributed by atoms with Gasteiger partial charge in [0.15, 0.2) is 0 Å². The van der Waals surface area contributed by atoms with Gasteiger partial charge in [-0.1, -0.05) is 13.8 Å². The van der Waals surface area contributed by atoms with Crippen molar-refractivity contribution in [1.29, 1.82) is 0 Å². The summed E-state index contributed by atoms with van der Waals surface area (Å²) in [6.07, 6.45) is 3.67. The second-order valence-electron chi connectivity index (χ2n) is 5.61. The highest BCUT2D eigenvalue weighted by Crippen LogP contribution is 2.20. The van der Waals surface area contributed by atoms with Crippen molar-refractivity contribution in [3.8, 4) is 0 Å². The van der Waals surface area contributed by atoms with Gasteiger partial charge in [0.1, 0.15) is 11.6 Å². The maximum atomic E-state index is 5.44. The van der Waals surface area contributed by atoms with Crippen molar-refractivity contribution in [3.63, 3.8) is 0 Å². The largest absolute Gasteiger partial charge is 0.467 e. The van der Waals surface area contributed by atoms with E-state index in [1.807, 2.05) is 18.3 Å². The van der Waals surface area contributed by atoms with E-state index in [4.69, 9.17) is 4.42 Å². The van der Waals surface area contributed by atoms with E-state index < -0.39 is 0 Å². The number of anilines is 1. The molecule has 0 fully saturated rings. The van der Waals surface area contributed by atoms with E-state index in [0.29, 0.717) is 6.04 Å². The van der Waals surface area contributed by atoms with Gasteiger partial charge >= 0.3 is 0 Å². The van der Waals surface area contributed by atoms with Crippen LogP contribution in [0.2, 0.25) is 0 Å². The van der Waals surface area contributed by atoms with Crippen LogP contribution in [0.1, 0.15) is 37.7 Å². The smallest absolute Gasteiger partial charge is 0.131 e. The third kappa shape index (κ3) is 4.33. The van der Waals surface area contributed by atoms with E-state index in [0.717, 1.165) is 31.2 Å². The van der Waals surface area contributed by atoms with Crippen LogP contribution in [0.4, 0.5) is 5.82 Å². The van der Waals surface area contributed by atoms with Crippen LogP contribution in [-0.2, 0) is 13.1 Å². The van der Waals surface area contributed by atoms with E-state index in [9.17, 15) is 0 Å². The van der Waals surface area contributed by atoms with Crippen LogP contribution in [-0.4, -0.2) is 17.6 Å². The maximum Gasteiger partial charge on any atom is 0.131 e. The van der Waals surface area contributed by atoms with Crippen LogP contribution in [0.25, 0.3) is 0 Å². The molecule has 4 nitrogen and oxygen atoms in total. The van der Waals surface area contributed by atoms with Gasteiger partial charge in [-0.05, 0) is 43.2 Å². The second-order valence-corrected chi connectivity index (χ2v) is 5.61. The van der Waals surface area contributed by atoms with Gasteiger partial charge in [-0.3, -0.25) is 0 Å². The Bertz CT molecular complexity index is 549. The number of nitrogens with one attached hydrogen (secondary N) is 1. The third-order valence-corrected chi connectivity index (χ3v) is 3.43. The zero-order valence-corrected chi connectivity index (χ0v) is 13.4. The van der Waals surface area contributed by atoms with Crippen LogP contribution < -0.4 is 10.2 Å². The minimum Gasteiger partial charge on any atom is -0.467 e. The van der Waals surface area contributed by atoms with Crippen molar-refractivity contribution < 1.29 is 4.42 Å². The average Bonchev–Trinajstić information content (AvgIpc) is 2.96. The number of hydrogen-bond acceptors (Lipinski definition) is 4. The fraction of sp³-hybridized carbons (Fsp3) is 0.471. The Labute approximate surface area is 127 Å². The predicted molar refractivity (Wildman–Crippen MR) is 86.4 cm³/mol. The topological polar surface area (TPSA) is 41.3 Å². The molecule has 2 aromatic heterocycles. The van der Waals surface area contributed by atoms with Crippen LogP contribution in [0, 0.1) is 6.92 Å². The lowest BCUT2D eigenvalue weighted by atomic mass is 10.2.